The predicted molar refractivity (Wildman–Crippen MR) is 124 cm³/mol. The van der Waals surface area contributed by atoms with E-state index in [0.29, 0.717) is 11.1 Å². The number of hydrogen-bond acceptors (Lipinski definition) is 6. The van der Waals surface area contributed by atoms with Crippen LogP contribution in [0.25, 0.3) is 0 Å². The second-order valence-corrected chi connectivity index (χ2v) is 9.49. The lowest BCUT2D eigenvalue weighted by Crippen LogP contribution is -2.36. The number of carbonyl (C=O) groups is 1. The van der Waals surface area contributed by atoms with Crippen LogP contribution in [0.15, 0.2) is 29.2 Å². The molecule has 0 bridgehead atoms. The number of phenolic OH excluding ortho intramolecular Hbond substituents is 1. The summed E-state index contributed by atoms with van der Waals surface area (Å²) in [6.07, 6.45) is 0. The van der Waals surface area contributed by atoms with Gasteiger partial charge in [-0.25, -0.2) is 8.42 Å². The van der Waals surface area contributed by atoms with Crippen LogP contribution < -0.4 is 4.72 Å². The maximum atomic E-state index is 13.1. The number of benzene rings is 2. The Labute approximate surface area is 194 Å². The van der Waals surface area contributed by atoms with Crippen LogP contribution in [0.3, 0.4) is 0 Å². The summed E-state index contributed by atoms with van der Waals surface area (Å²) < 4.78 is 38.8. The molecule has 0 radical (unpaired) electrons. The fourth-order valence-electron chi connectivity index (χ4n) is 3.51. The number of sulfonamides is 1. The number of nitrogens with one attached hydrogen (secondary N) is 1. The van der Waals surface area contributed by atoms with Crippen molar-refractivity contribution >= 4 is 33.2 Å². The first-order valence-electron chi connectivity index (χ1n) is 9.92. The SMILES string of the molecule is COCCN(CCOC)C(=O)c1cc(NS(=O)(=O)c2c(C)cc(C)cc2C)cc(Cl)c1O. The average Bonchev–Trinajstić information content (AvgIpc) is 2.68. The van der Waals surface area contributed by atoms with E-state index in [9.17, 15) is 18.3 Å². The molecule has 0 spiro atoms. The molecule has 0 saturated heterocycles. The molecule has 10 heteroatoms. The third kappa shape index (κ3) is 6.13. The molecule has 8 nitrogen and oxygen atoms in total. The van der Waals surface area contributed by atoms with Gasteiger partial charge in [-0.2, -0.15) is 0 Å². The van der Waals surface area contributed by atoms with Gasteiger partial charge < -0.3 is 19.5 Å². The number of rotatable bonds is 10. The smallest absolute Gasteiger partial charge is 0.262 e. The lowest BCUT2D eigenvalue weighted by molar-refractivity contribution is 0.0624. The molecular formula is C22H29ClN2O6S. The second kappa shape index (κ2) is 11.0. The van der Waals surface area contributed by atoms with Crippen LogP contribution in [0.5, 0.6) is 5.75 Å². The van der Waals surface area contributed by atoms with Crippen molar-refractivity contribution in [3.8, 4) is 5.75 Å². The van der Waals surface area contributed by atoms with E-state index in [1.54, 1.807) is 26.0 Å². The summed E-state index contributed by atoms with van der Waals surface area (Å²) in [6.45, 7) is 6.40. The maximum absolute atomic E-state index is 13.1. The lowest BCUT2D eigenvalue weighted by Gasteiger charge is -2.23. The van der Waals surface area contributed by atoms with Gasteiger partial charge in [0.25, 0.3) is 15.9 Å². The fraction of sp³-hybridized carbons (Fsp3) is 0.409. The molecule has 0 atom stereocenters. The highest BCUT2D eigenvalue weighted by Gasteiger charge is 2.24. The molecule has 2 rings (SSSR count). The minimum absolute atomic E-state index is 0.0639. The van der Waals surface area contributed by atoms with Crippen molar-refractivity contribution in [1.82, 2.24) is 4.90 Å². The standard InChI is InChI=1S/C22H29ClN2O6S/c1-14-10-15(2)21(16(3)11-14)32(28,29)24-17-12-18(20(26)19(23)13-17)22(27)25(6-8-30-4)7-9-31-5/h10-13,24,26H,6-9H2,1-5H3. The topological polar surface area (TPSA) is 105 Å². The van der Waals surface area contributed by atoms with Gasteiger partial charge in [-0.1, -0.05) is 29.3 Å². The van der Waals surface area contributed by atoms with E-state index in [1.165, 1.54) is 31.3 Å². The Morgan fingerprint density at radius 2 is 1.56 bits per heavy atom. The monoisotopic (exact) mass is 484 g/mol. The summed E-state index contributed by atoms with van der Waals surface area (Å²) >= 11 is 6.13. The van der Waals surface area contributed by atoms with Gasteiger partial charge >= 0.3 is 0 Å². The molecule has 0 saturated carbocycles. The maximum Gasteiger partial charge on any atom is 0.262 e. The van der Waals surface area contributed by atoms with Gasteiger partial charge in [0.05, 0.1) is 34.4 Å². The number of aromatic hydroxyl groups is 1. The van der Waals surface area contributed by atoms with Gasteiger partial charge in [0.2, 0.25) is 0 Å². The first kappa shape index (κ1) is 25.9. The number of nitrogens with zero attached hydrogens (tertiary/aromatic N) is 1. The number of ether oxygens (including phenoxy) is 2. The van der Waals surface area contributed by atoms with Crippen molar-refractivity contribution in [3.05, 3.63) is 51.5 Å². The number of hydrogen-bond donors (Lipinski definition) is 2. The highest BCUT2D eigenvalue weighted by Crippen LogP contribution is 2.34. The van der Waals surface area contributed by atoms with Crippen LogP contribution >= 0.6 is 11.6 Å². The Bertz CT molecular complexity index is 1060. The third-order valence-corrected chi connectivity index (χ3v) is 6.81. The van der Waals surface area contributed by atoms with Crippen LogP contribution in [0.2, 0.25) is 5.02 Å². The Morgan fingerprint density at radius 3 is 2.06 bits per heavy atom. The number of carbonyl (C=O) groups excluding carboxylic acids is 1. The first-order chi connectivity index (χ1) is 15.0. The van der Waals surface area contributed by atoms with Crippen LogP contribution in [-0.4, -0.2) is 64.9 Å². The Kier molecular flexibility index (Phi) is 8.91. The Hall–Kier alpha value is -2.33. The molecule has 176 valence electrons. The number of amides is 1. The summed E-state index contributed by atoms with van der Waals surface area (Å²) in [5.74, 6) is -0.954. The van der Waals surface area contributed by atoms with Crippen molar-refractivity contribution in [2.24, 2.45) is 0 Å². The van der Waals surface area contributed by atoms with Gasteiger partial charge in [-0.3, -0.25) is 9.52 Å². The van der Waals surface area contributed by atoms with E-state index in [2.05, 4.69) is 4.72 Å². The average molecular weight is 485 g/mol. The minimum Gasteiger partial charge on any atom is -0.506 e. The summed E-state index contributed by atoms with van der Waals surface area (Å²) in [5.41, 5.74) is 2.09. The predicted octanol–water partition coefficient (Wildman–Crippen LogP) is 3.51. The molecule has 1 amide bonds. The van der Waals surface area contributed by atoms with Crippen molar-refractivity contribution in [2.45, 2.75) is 25.7 Å². The highest BCUT2D eigenvalue weighted by molar-refractivity contribution is 7.92. The van der Waals surface area contributed by atoms with Crippen molar-refractivity contribution in [3.63, 3.8) is 0 Å². The second-order valence-electron chi connectivity index (χ2n) is 7.47. The van der Waals surface area contributed by atoms with E-state index in [4.69, 9.17) is 21.1 Å². The molecule has 32 heavy (non-hydrogen) atoms. The summed E-state index contributed by atoms with van der Waals surface area (Å²) in [6, 6.07) is 6.10. The molecule has 0 fully saturated rings. The largest absolute Gasteiger partial charge is 0.506 e. The quantitative estimate of drug-likeness (QED) is 0.500. The number of aryl methyl sites for hydroxylation is 3. The molecule has 0 unspecified atom stereocenters. The van der Waals surface area contributed by atoms with Crippen LogP contribution in [0, 0.1) is 20.8 Å². The lowest BCUT2D eigenvalue weighted by atomic mass is 10.1. The van der Waals surface area contributed by atoms with Gasteiger partial charge in [0.15, 0.2) is 0 Å². The molecule has 2 aromatic carbocycles. The normalized spacial score (nSPS) is 11.4. The first-order valence-corrected chi connectivity index (χ1v) is 11.8. The number of phenols is 1. The summed E-state index contributed by atoms with van der Waals surface area (Å²) in [5, 5.41) is 10.3. The van der Waals surface area contributed by atoms with Crippen LogP contribution in [0.4, 0.5) is 5.69 Å². The minimum atomic E-state index is -3.97. The Morgan fingerprint density at radius 1 is 1.03 bits per heavy atom. The van der Waals surface area contributed by atoms with E-state index in [0.717, 1.165) is 5.56 Å². The molecule has 0 heterocycles. The van der Waals surface area contributed by atoms with Crippen molar-refractivity contribution < 1.29 is 27.8 Å². The molecule has 0 aliphatic rings. The van der Waals surface area contributed by atoms with Crippen LogP contribution in [-0.2, 0) is 19.5 Å². The summed E-state index contributed by atoms with van der Waals surface area (Å²) in [4.78, 5) is 14.7. The molecule has 0 aliphatic carbocycles. The zero-order valence-electron chi connectivity index (χ0n) is 18.9. The van der Waals surface area contributed by atoms with Crippen molar-refractivity contribution in [1.29, 1.82) is 0 Å². The van der Waals surface area contributed by atoms with Gasteiger partial charge in [0.1, 0.15) is 5.75 Å². The van der Waals surface area contributed by atoms with E-state index in [-0.39, 0.29) is 47.5 Å². The molecule has 0 aliphatic heterocycles. The molecule has 2 aromatic rings. The zero-order chi connectivity index (χ0) is 24.1. The third-order valence-electron chi connectivity index (χ3n) is 4.84. The van der Waals surface area contributed by atoms with Crippen LogP contribution in [0.1, 0.15) is 27.0 Å². The zero-order valence-corrected chi connectivity index (χ0v) is 20.4. The van der Waals surface area contributed by atoms with Gasteiger partial charge in [-0.05, 0) is 44.0 Å². The molecule has 0 aromatic heterocycles. The Balaban J connectivity index is 2.44. The van der Waals surface area contributed by atoms with E-state index in [1.807, 2.05) is 6.92 Å². The van der Waals surface area contributed by atoms with Gasteiger partial charge in [-0.15, -0.1) is 0 Å². The van der Waals surface area contributed by atoms with E-state index < -0.39 is 21.7 Å². The number of halogens is 1. The summed E-state index contributed by atoms with van der Waals surface area (Å²) in [7, 11) is -0.944. The van der Waals surface area contributed by atoms with E-state index >= 15 is 0 Å². The number of anilines is 1. The molecular weight excluding hydrogens is 456 g/mol. The highest BCUT2D eigenvalue weighted by atomic mass is 35.5. The fourth-order valence-corrected chi connectivity index (χ4v) is 5.22. The number of methoxy groups -OCH3 is 2. The van der Waals surface area contributed by atoms with Gasteiger partial charge in [0, 0.05) is 27.3 Å². The molecule has 2 N–H and O–H groups in total. The van der Waals surface area contributed by atoms with Crippen molar-refractivity contribution in [2.75, 3.05) is 45.2 Å².